The van der Waals surface area contributed by atoms with Crippen LogP contribution in [0, 0.1) is 11.8 Å². The summed E-state index contributed by atoms with van der Waals surface area (Å²) in [6.45, 7) is 5.85. The summed E-state index contributed by atoms with van der Waals surface area (Å²) in [5.41, 5.74) is 0. The average Bonchev–Trinajstić information content (AvgIpc) is 2.36. The maximum absolute atomic E-state index is 11.5. The van der Waals surface area contributed by atoms with Crippen molar-refractivity contribution in [2.75, 3.05) is 7.11 Å². The Labute approximate surface area is 103 Å². The number of hydrogen-bond acceptors (Lipinski definition) is 4. The molecule has 100 valence electrons. The minimum Gasteiger partial charge on any atom is -0.469 e. The standard InChI is InChI=1S/C13H24O4/c1-5-10(14)12-8(2)6-7-11(17-12)9(3)13(15)16-4/h8-12,14H,5-7H2,1-4H3/t8-,9+,10-,11+,12+/m0/s1. The topological polar surface area (TPSA) is 55.8 Å². The molecule has 1 aliphatic heterocycles. The summed E-state index contributed by atoms with van der Waals surface area (Å²) in [6, 6.07) is 0. The molecule has 1 heterocycles. The Bertz CT molecular complexity index is 250. The van der Waals surface area contributed by atoms with Gasteiger partial charge in [0.2, 0.25) is 0 Å². The van der Waals surface area contributed by atoms with Crippen molar-refractivity contribution >= 4 is 5.97 Å². The average molecular weight is 244 g/mol. The SMILES string of the molecule is CC[C@H](O)[C@@H]1O[C@@H]([C@@H](C)C(=O)OC)CC[C@@H]1C. The van der Waals surface area contributed by atoms with Gasteiger partial charge in [-0.05, 0) is 32.1 Å². The second-order valence-corrected chi connectivity index (χ2v) is 4.98. The van der Waals surface area contributed by atoms with Crippen LogP contribution in [-0.4, -0.2) is 36.5 Å². The second kappa shape index (κ2) is 6.36. The lowest BCUT2D eigenvalue weighted by Gasteiger charge is -2.38. The van der Waals surface area contributed by atoms with Crippen LogP contribution in [0.5, 0.6) is 0 Å². The summed E-state index contributed by atoms with van der Waals surface area (Å²) >= 11 is 0. The molecule has 0 aromatic rings. The van der Waals surface area contributed by atoms with Crippen LogP contribution in [0.4, 0.5) is 0 Å². The Kier molecular flexibility index (Phi) is 5.40. The van der Waals surface area contributed by atoms with Gasteiger partial charge < -0.3 is 14.6 Å². The highest BCUT2D eigenvalue weighted by molar-refractivity contribution is 5.72. The molecule has 0 unspecified atom stereocenters. The molecule has 0 radical (unpaired) electrons. The van der Waals surface area contributed by atoms with Crippen LogP contribution in [0.1, 0.15) is 40.0 Å². The Hall–Kier alpha value is -0.610. The minimum atomic E-state index is -0.447. The molecule has 1 fully saturated rings. The molecule has 17 heavy (non-hydrogen) atoms. The molecular formula is C13H24O4. The zero-order valence-corrected chi connectivity index (χ0v) is 11.2. The van der Waals surface area contributed by atoms with E-state index in [9.17, 15) is 9.90 Å². The molecule has 0 aliphatic carbocycles. The van der Waals surface area contributed by atoms with Crippen molar-refractivity contribution in [3.63, 3.8) is 0 Å². The molecule has 0 bridgehead atoms. The van der Waals surface area contributed by atoms with Gasteiger partial charge in [0.15, 0.2) is 0 Å². The smallest absolute Gasteiger partial charge is 0.311 e. The van der Waals surface area contributed by atoms with Crippen LogP contribution in [0.3, 0.4) is 0 Å². The van der Waals surface area contributed by atoms with E-state index in [1.165, 1.54) is 7.11 Å². The lowest BCUT2D eigenvalue weighted by molar-refractivity contribution is -0.169. The van der Waals surface area contributed by atoms with Crippen molar-refractivity contribution in [3.8, 4) is 0 Å². The molecule has 4 heteroatoms. The van der Waals surface area contributed by atoms with Crippen molar-refractivity contribution in [3.05, 3.63) is 0 Å². The summed E-state index contributed by atoms with van der Waals surface area (Å²) < 4.78 is 10.6. The van der Waals surface area contributed by atoms with Crippen LogP contribution in [-0.2, 0) is 14.3 Å². The third-order valence-electron chi connectivity index (χ3n) is 3.73. The first-order valence-corrected chi connectivity index (χ1v) is 6.42. The van der Waals surface area contributed by atoms with Crippen LogP contribution in [0.15, 0.2) is 0 Å². The normalized spacial score (nSPS) is 32.9. The van der Waals surface area contributed by atoms with Gasteiger partial charge in [-0.2, -0.15) is 0 Å². The fourth-order valence-electron chi connectivity index (χ4n) is 2.40. The fourth-order valence-corrected chi connectivity index (χ4v) is 2.40. The van der Waals surface area contributed by atoms with Crippen LogP contribution < -0.4 is 0 Å². The molecule has 0 spiro atoms. The molecule has 0 amide bonds. The van der Waals surface area contributed by atoms with Gasteiger partial charge in [-0.25, -0.2) is 0 Å². The highest BCUT2D eigenvalue weighted by atomic mass is 16.5. The van der Waals surface area contributed by atoms with E-state index in [0.29, 0.717) is 12.3 Å². The summed E-state index contributed by atoms with van der Waals surface area (Å²) in [5.74, 6) is -0.167. The third kappa shape index (κ3) is 3.42. The van der Waals surface area contributed by atoms with E-state index in [4.69, 9.17) is 9.47 Å². The highest BCUT2D eigenvalue weighted by Crippen LogP contribution is 2.31. The van der Waals surface area contributed by atoms with Gasteiger partial charge >= 0.3 is 5.97 Å². The van der Waals surface area contributed by atoms with Crippen molar-refractivity contribution in [1.29, 1.82) is 0 Å². The van der Waals surface area contributed by atoms with Crippen LogP contribution in [0.25, 0.3) is 0 Å². The number of rotatable bonds is 4. The predicted octanol–water partition coefficient (Wildman–Crippen LogP) is 1.75. The minimum absolute atomic E-state index is 0.134. The maximum Gasteiger partial charge on any atom is 0.311 e. The molecule has 0 aromatic heterocycles. The Balaban J connectivity index is 2.63. The van der Waals surface area contributed by atoms with E-state index in [0.717, 1.165) is 12.8 Å². The van der Waals surface area contributed by atoms with Crippen molar-refractivity contribution in [2.45, 2.75) is 58.3 Å². The molecule has 1 rings (SSSR count). The summed E-state index contributed by atoms with van der Waals surface area (Å²) in [5, 5.41) is 9.91. The van der Waals surface area contributed by atoms with E-state index >= 15 is 0 Å². The van der Waals surface area contributed by atoms with Gasteiger partial charge in [0.1, 0.15) is 0 Å². The van der Waals surface area contributed by atoms with Crippen LogP contribution in [0.2, 0.25) is 0 Å². The zero-order valence-electron chi connectivity index (χ0n) is 11.2. The molecule has 1 N–H and O–H groups in total. The number of esters is 1. The number of hydrogen-bond donors (Lipinski definition) is 1. The number of carbonyl (C=O) groups is 1. The van der Waals surface area contributed by atoms with E-state index in [2.05, 4.69) is 6.92 Å². The first-order chi connectivity index (χ1) is 8.01. The van der Waals surface area contributed by atoms with E-state index in [1.807, 2.05) is 13.8 Å². The summed E-state index contributed by atoms with van der Waals surface area (Å²) in [6.07, 6.45) is 1.76. The lowest BCUT2D eigenvalue weighted by atomic mass is 9.86. The van der Waals surface area contributed by atoms with Crippen molar-refractivity contribution in [2.24, 2.45) is 11.8 Å². The zero-order chi connectivity index (χ0) is 13.0. The maximum atomic E-state index is 11.5. The first kappa shape index (κ1) is 14.5. The van der Waals surface area contributed by atoms with Gasteiger partial charge in [0.05, 0.1) is 31.3 Å². The Morgan fingerprint density at radius 2 is 2.18 bits per heavy atom. The van der Waals surface area contributed by atoms with Gasteiger partial charge in [-0.3, -0.25) is 4.79 Å². The van der Waals surface area contributed by atoms with Gasteiger partial charge in [-0.15, -0.1) is 0 Å². The third-order valence-corrected chi connectivity index (χ3v) is 3.73. The fraction of sp³-hybridized carbons (Fsp3) is 0.923. The molecule has 1 aliphatic rings. The highest BCUT2D eigenvalue weighted by Gasteiger charge is 2.37. The van der Waals surface area contributed by atoms with Crippen LogP contribution >= 0.6 is 0 Å². The number of aliphatic hydroxyl groups is 1. The first-order valence-electron chi connectivity index (χ1n) is 6.42. The van der Waals surface area contributed by atoms with Crippen molar-refractivity contribution < 1.29 is 19.4 Å². The summed E-state index contributed by atoms with van der Waals surface area (Å²) in [4.78, 5) is 11.5. The quantitative estimate of drug-likeness (QED) is 0.765. The molecule has 0 saturated carbocycles. The predicted molar refractivity (Wildman–Crippen MR) is 64.5 cm³/mol. The molecule has 0 aromatic carbocycles. The molecule has 5 atom stereocenters. The number of carbonyl (C=O) groups excluding carboxylic acids is 1. The second-order valence-electron chi connectivity index (χ2n) is 4.98. The number of ether oxygens (including phenoxy) is 2. The number of methoxy groups -OCH3 is 1. The number of aliphatic hydroxyl groups excluding tert-OH is 1. The summed E-state index contributed by atoms with van der Waals surface area (Å²) in [7, 11) is 1.39. The molecule has 1 saturated heterocycles. The monoisotopic (exact) mass is 244 g/mol. The Morgan fingerprint density at radius 3 is 2.71 bits per heavy atom. The van der Waals surface area contributed by atoms with E-state index < -0.39 is 6.10 Å². The van der Waals surface area contributed by atoms with E-state index in [-0.39, 0.29) is 24.1 Å². The van der Waals surface area contributed by atoms with E-state index in [1.54, 1.807) is 0 Å². The molecular weight excluding hydrogens is 220 g/mol. The van der Waals surface area contributed by atoms with Crippen molar-refractivity contribution in [1.82, 2.24) is 0 Å². The van der Waals surface area contributed by atoms with Gasteiger partial charge in [0, 0.05) is 0 Å². The van der Waals surface area contributed by atoms with Gasteiger partial charge in [-0.1, -0.05) is 13.8 Å². The Morgan fingerprint density at radius 1 is 1.53 bits per heavy atom. The largest absolute Gasteiger partial charge is 0.469 e. The lowest BCUT2D eigenvalue weighted by Crippen LogP contribution is -2.45. The van der Waals surface area contributed by atoms with Gasteiger partial charge in [0.25, 0.3) is 0 Å². The molecule has 4 nitrogen and oxygen atoms in total.